The second-order valence-electron chi connectivity index (χ2n) is 19.3. The maximum absolute atomic E-state index is 15.8. The molecule has 0 unspecified atom stereocenters. The first-order valence-electron chi connectivity index (χ1n) is 25.0. The van der Waals surface area contributed by atoms with Gasteiger partial charge in [0.2, 0.25) is 0 Å². The molecule has 0 aliphatic heterocycles. The zero-order chi connectivity index (χ0) is 57.5. The number of anilines is 6. The number of hydrogen-bond acceptors (Lipinski definition) is 2. The van der Waals surface area contributed by atoms with Crippen LogP contribution in [-0.4, -0.2) is 0 Å². The first-order chi connectivity index (χ1) is 39.2. The summed E-state index contributed by atoms with van der Waals surface area (Å²) in [5.74, 6) is -8.31. The van der Waals surface area contributed by atoms with Crippen molar-refractivity contribution < 1.29 is 61.5 Å². The van der Waals surface area contributed by atoms with Gasteiger partial charge < -0.3 is 9.80 Å². The summed E-state index contributed by atoms with van der Waals surface area (Å²) in [5.41, 5.74) is -4.62. The molecule has 16 heteroatoms. The molecule has 2 nitrogen and oxygen atoms in total. The van der Waals surface area contributed by atoms with E-state index in [1.54, 1.807) is 48.5 Å². The van der Waals surface area contributed by atoms with E-state index in [-0.39, 0.29) is 56.4 Å². The molecule has 0 aliphatic carbocycles. The van der Waals surface area contributed by atoms with Crippen molar-refractivity contribution in [3.63, 3.8) is 0 Å². The van der Waals surface area contributed by atoms with Gasteiger partial charge in [-0.15, -0.1) is 0 Å². The fourth-order valence-corrected chi connectivity index (χ4v) is 10.8. The Balaban J connectivity index is 1.14. The minimum absolute atomic E-state index is 0.0185. The van der Waals surface area contributed by atoms with Gasteiger partial charge >= 0.3 is 12.4 Å². The summed E-state index contributed by atoms with van der Waals surface area (Å²) in [7, 11) is 0. The Morgan fingerprint density at radius 3 is 0.768 bits per heavy atom. The van der Waals surface area contributed by atoms with Gasteiger partial charge in [0, 0.05) is 33.5 Å². The van der Waals surface area contributed by atoms with Crippen LogP contribution in [0.4, 0.5) is 95.6 Å². The molecule has 0 amide bonds. The fraction of sp³-hybridized carbons (Fsp3) is 0.0303. The second kappa shape index (κ2) is 20.1. The fourth-order valence-electron chi connectivity index (χ4n) is 10.8. The van der Waals surface area contributed by atoms with Crippen LogP contribution < -0.4 is 9.80 Å². The molecule has 0 fully saturated rings. The average Bonchev–Trinajstić information content (AvgIpc) is 1.79. The second-order valence-corrected chi connectivity index (χ2v) is 19.3. The summed E-state index contributed by atoms with van der Waals surface area (Å²) in [6.07, 6.45) is -9.57. The molecule has 0 aromatic heterocycles. The highest BCUT2D eigenvalue weighted by molar-refractivity contribution is 6.28. The Hall–Kier alpha value is -9.70. The van der Waals surface area contributed by atoms with Gasteiger partial charge in [-0.1, -0.05) is 60.7 Å². The average molecular weight is 1120 g/mol. The van der Waals surface area contributed by atoms with E-state index in [2.05, 4.69) is 0 Å². The van der Waals surface area contributed by atoms with Crippen LogP contribution in [0.5, 0.6) is 0 Å². The van der Waals surface area contributed by atoms with Gasteiger partial charge in [-0.2, -0.15) is 26.3 Å². The largest absolute Gasteiger partial charge is 0.416 e. The Morgan fingerprint density at radius 1 is 0.256 bits per heavy atom. The third-order valence-electron chi connectivity index (χ3n) is 14.4. The monoisotopic (exact) mass is 1120 g/mol. The topological polar surface area (TPSA) is 6.48 Å². The van der Waals surface area contributed by atoms with Crippen LogP contribution in [0.2, 0.25) is 0 Å². The van der Waals surface area contributed by atoms with E-state index in [9.17, 15) is 26.3 Å². The molecule has 82 heavy (non-hydrogen) atoms. The summed E-state index contributed by atoms with van der Waals surface area (Å²) < 4.78 is 212. The van der Waals surface area contributed by atoms with Crippen molar-refractivity contribution in [3.8, 4) is 44.5 Å². The molecule has 0 heterocycles. The third kappa shape index (κ3) is 9.32. The first kappa shape index (κ1) is 53.0. The molecular weight excluding hydrogens is 1090 g/mol. The van der Waals surface area contributed by atoms with Gasteiger partial charge in [0.1, 0.15) is 46.5 Å². The summed E-state index contributed by atoms with van der Waals surface area (Å²) in [6, 6.07) is 41.4. The lowest BCUT2D eigenvalue weighted by atomic mass is 9.91. The van der Waals surface area contributed by atoms with Gasteiger partial charge in [-0.3, -0.25) is 0 Å². The summed E-state index contributed by atoms with van der Waals surface area (Å²) in [5, 5.41) is 2.92. The van der Waals surface area contributed by atoms with Crippen LogP contribution in [0, 0.1) is 46.5 Å². The summed E-state index contributed by atoms with van der Waals surface area (Å²) in [4.78, 5) is 2.92. The van der Waals surface area contributed by atoms with E-state index in [4.69, 9.17) is 0 Å². The third-order valence-corrected chi connectivity index (χ3v) is 14.4. The van der Waals surface area contributed by atoms with Crippen molar-refractivity contribution in [2.24, 2.45) is 0 Å². The van der Waals surface area contributed by atoms with Crippen molar-refractivity contribution in [1.82, 2.24) is 0 Å². The van der Waals surface area contributed by atoms with E-state index in [0.717, 1.165) is 121 Å². The molecule has 406 valence electrons. The SMILES string of the molecule is Fc1cccc(F)c1-c1cc(-c2c(F)cccc2F)cc(N(c2ccc(C(F)(F)F)cc2)c2ccc3ccc4c(N(c5ccc(C(F)(F)F)cc5)c5cc(-c6c(F)cccc6F)cc(-c6c(F)cccc6F)c5)ccc5ccc2c3c54)c1. The maximum Gasteiger partial charge on any atom is 0.416 e. The summed E-state index contributed by atoms with van der Waals surface area (Å²) >= 11 is 0. The van der Waals surface area contributed by atoms with E-state index in [0.29, 0.717) is 32.3 Å². The number of halogens is 14. The lowest BCUT2D eigenvalue weighted by Crippen LogP contribution is -2.13. The van der Waals surface area contributed by atoms with Crippen LogP contribution in [0.1, 0.15) is 11.1 Å². The number of alkyl halides is 6. The molecule has 0 bridgehead atoms. The number of hydrogen-bond donors (Lipinski definition) is 0. The van der Waals surface area contributed by atoms with Crippen LogP contribution in [0.15, 0.2) is 206 Å². The van der Waals surface area contributed by atoms with Crippen LogP contribution >= 0.6 is 0 Å². The maximum atomic E-state index is 15.8. The van der Waals surface area contributed by atoms with Crippen molar-refractivity contribution >= 4 is 66.4 Å². The Bertz CT molecular complexity index is 3970. The lowest BCUT2D eigenvalue weighted by molar-refractivity contribution is -0.138. The van der Waals surface area contributed by atoms with E-state index in [1.165, 1.54) is 46.2 Å². The number of benzene rings is 12. The smallest absolute Gasteiger partial charge is 0.310 e. The van der Waals surface area contributed by atoms with Crippen LogP contribution in [0.25, 0.3) is 76.8 Å². The normalized spacial score (nSPS) is 12.0. The lowest BCUT2D eigenvalue weighted by Gasteiger charge is -2.30. The highest BCUT2D eigenvalue weighted by atomic mass is 19.4. The van der Waals surface area contributed by atoms with Crippen molar-refractivity contribution in [2.45, 2.75) is 12.4 Å². The van der Waals surface area contributed by atoms with E-state index >= 15 is 35.1 Å². The molecule has 0 atom stereocenters. The molecule has 0 saturated heterocycles. The molecule has 12 aromatic carbocycles. The van der Waals surface area contributed by atoms with E-state index < -0.39 is 92.3 Å². The van der Waals surface area contributed by atoms with Gasteiger partial charge in [-0.05, 0) is 189 Å². The molecular formula is C66H34F14N2. The highest BCUT2D eigenvalue weighted by Gasteiger charge is 2.33. The van der Waals surface area contributed by atoms with Gasteiger partial charge in [0.25, 0.3) is 0 Å². The quantitative estimate of drug-likeness (QED) is 0.0995. The zero-order valence-electron chi connectivity index (χ0n) is 41.8. The highest BCUT2D eigenvalue weighted by Crippen LogP contribution is 2.51. The van der Waals surface area contributed by atoms with Gasteiger partial charge in [0.05, 0.1) is 44.8 Å². The predicted molar refractivity (Wildman–Crippen MR) is 291 cm³/mol. The minimum Gasteiger partial charge on any atom is -0.310 e. The summed E-state index contributed by atoms with van der Waals surface area (Å²) in [6.45, 7) is 0. The van der Waals surface area contributed by atoms with Crippen molar-refractivity contribution in [2.75, 3.05) is 9.80 Å². The van der Waals surface area contributed by atoms with Gasteiger partial charge in [0.15, 0.2) is 0 Å². The predicted octanol–water partition coefficient (Wildman–Crippen LogP) is 21.3. The molecule has 0 spiro atoms. The Labute approximate surface area is 456 Å². The molecule has 0 radical (unpaired) electrons. The molecule has 12 rings (SSSR count). The Kier molecular flexibility index (Phi) is 13.0. The van der Waals surface area contributed by atoms with Crippen molar-refractivity contribution in [3.05, 3.63) is 264 Å². The molecule has 12 aromatic rings. The first-order valence-corrected chi connectivity index (χ1v) is 25.0. The number of rotatable bonds is 10. The Morgan fingerprint density at radius 2 is 0.512 bits per heavy atom. The van der Waals surface area contributed by atoms with E-state index in [1.807, 2.05) is 0 Å². The van der Waals surface area contributed by atoms with Crippen molar-refractivity contribution in [1.29, 1.82) is 0 Å². The molecule has 0 N–H and O–H groups in total. The molecule has 0 saturated carbocycles. The molecule has 0 aliphatic rings. The van der Waals surface area contributed by atoms with Crippen LogP contribution in [-0.2, 0) is 12.4 Å². The van der Waals surface area contributed by atoms with Gasteiger partial charge in [-0.25, -0.2) is 35.1 Å². The number of nitrogens with zero attached hydrogens (tertiary/aromatic N) is 2. The standard InChI is InChI=1S/C66H34F14N2/c67-49-5-1-6-50(68)61(49)37-29-38(62-51(69)7-2-8-52(62)70)32-45(31-37)81(43-21-17-41(18-22-43)65(75,76)77)57-27-15-35-14-26-48-58(28-16-36-13-25-47(57)59(35)60(36)48)82(44-23-19-42(20-24-44)66(78,79)80)46-33-39(63-53(71)9-3-10-54(63)72)30-40(34-46)64-55(73)11-4-12-56(64)74/h1-34H. The minimum atomic E-state index is -4.79. The van der Waals surface area contributed by atoms with Crippen LogP contribution in [0.3, 0.4) is 0 Å². The zero-order valence-corrected chi connectivity index (χ0v) is 41.8.